The van der Waals surface area contributed by atoms with Crippen LogP contribution in [0.25, 0.3) is 0 Å². The summed E-state index contributed by atoms with van der Waals surface area (Å²) in [7, 11) is 0. The minimum Gasteiger partial charge on any atom is -0.453 e. The van der Waals surface area contributed by atoms with Crippen molar-refractivity contribution in [3.8, 4) is 11.5 Å². The second kappa shape index (κ2) is 5.56. The molecule has 0 bridgehead atoms. The van der Waals surface area contributed by atoms with Crippen molar-refractivity contribution in [1.82, 2.24) is 0 Å². The molecule has 4 atom stereocenters. The zero-order chi connectivity index (χ0) is 16.1. The van der Waals surface area contributed by atoms with E-state index in [2.05, 4.69) is 4.90 Å². The molecule has 3 aliphatic heterocycles. The monoisotopic (exact) mass is 345 g/mol. The lowest BCUT2D eigenvalue weighted by Gasteiger charge is -2.42. The van der Waals surface area contributed by atoms with Gasteiger partial charge in [0.05, 0.1) is 30.6 Å². The minimum atomic E-state index is -1.72. The second-order valence-electron chi connectivity index (χ2n) is 5.91. The second-order valence-corrected chi connectivity index (χ2v) is 6.71. The molecule has 124 valence electrons. The van der Waals surface area contributed by atoms with Crippen molar-refractivity contribution in [1.29, 1.82) is 0 Å². The van der Waals surface area contributed by atoms with E-state index in [1.165, 1.54) is 0 Å². The normalized spacial score (nSPS) is 30.9. The first-order chi connectivity index (χ1) is 11.8. The van der Waals surface area contributed by atoms with Crippen LogP contribution >= 0.6 is 0 Å². The minimum absolute atomic E-state index is 0.151. The van der Waals surface area contributed by atoms with Crippen molar-refractivity contribution in [3.63, 3.8) is 0 Å². The molecule has 5 rings (SSSR count). The lowest BCUT2D eigenvalue weighted by Crippen LogP contribution is -2.54. The van der Waals surface area contributed by atoms with Crippen LogP contribution in [0.1, 0.15) is 0 Å². The number of nitrogens with zero attached hydrogens (tertiary/aromatic N) is 1. The van der Waals surface area contributed by atoms with E-state index in [9.17, 15) is 4.21 Å². The molecule has 2 fully saturated rings. The Hall–Kier alpha value is -1.93. The van der Waals surface area contributed by atoms with E-state index in [4.69, 9.17) is 17.8 Å². The van der Waals surface area contributed by atoms with Gasteiger partial charge in [-0.25, -0.2) is 0 Å². The van der Waals surface area contributed by atoms with Gasteiger partial charge < -0.3 is 14.4 Å². The van der Waals surface area contributed by atoms with Gasteiger partial charge in [0.2, 0.25) is 0 Å². The summed E-state index contributed by atoms with van der Waals surface area (Å²) in [4.78, 5) is 2.15. The summed E-state index contributed by atoms with van der Waals surface area (Å²) < 4.78 is 34.3. The van der Waals surface area contributed by atoms with Crippen LogP contribution in [0.2, 0.25) is 0 Å². The molecule has 1 unspecified atom stereocenters. The van der Waals surface area contributed by atoms with Crippen molar-refractivity contribution in [3.05, 3.63) is 48.5 Å². The van der Waals surface area contributed by atoms with Crippen LogP contribution in [0.3, 0.4) is 0 Å². The van der Waals surface area contributed by atoms with E-state index < -0.39 is 11.4 Å². The largest absolute Gasteiger partial charge is 0.453 e. The molecule has 0 amide bonds. The first-order valence-electron chi connectivity index (χ1n) is 7.80. The Bertz CT molecular complexity index is 768. The van der Waals surface area contributed by atoms with Gasteiger partial charge in [0, 0.05) is 0 Å². The first kappa shape index (κ1) is 14.4. The average Bonchev–Trinajstić information content (AvgIpc) is 3.00. The quantitative estimate of drug-likeness (QED) is 0.792. The maximum atomic E-state index is 11.7. The fourth-order valence-electron chi connectivity index (χ4n) is 3.48. The van der Waals surface area contributed by atoms with Gasteiger partial charge in [-0.05, 0) is 24.3 Å². The van der Waals surface area contributed by atoms with Gasteiger partial charge in [-0.3, -0.25) is 8.37 Å². The standard InChI is InChI=1S/C17H15NO5S/c19-24-22-16-10-20-9-13(17(16)23-24)18-11-5-1-3-7-14(11)21-15-8-4-2-6-12(15)18/h1-8,13,16-17H,9-10H2/t13-,16+,17-,24?/m0/s1. The molecule has 0 radical (unpaired) electrons. The van der Waals surface area contributed by atoms with E-state index >= 15 is 0 Å². The lowest BCUT2D eigenvalue weighted by molar-refractivity contribution is -0.0329. The van der Waals surface area contributed by atoms with Gasteiger partial charge in [0.15, 0.2) is 11.5 Å². The highest BCUT2D eigenvalue weighted by atomic mass is 32.2. The molecule has 3 aliphatic rings. The SMILES string of the molecule is O=S1O[C@@H]2[C@@H](COC[C@@H]2N2c3ccccc3Oc3ccccc32)O1. The Kier molecular flexibility index (Phi) is 3.34. The van der Waals surface area contributed by atoms with Crippen LogP contribution < -0.4 is 9.64 Å². The molecule has 2 aromatic rings. The maximum Gasteiger partial charge on any atom is 0.305 e. The van der Waals surface area contributed by atoms with E-state index in [1.54, 1.807) is 0 Å². The van der Waals surface area contributed by atoms with Gasteiger partial charge >= 0.3 is 11.4 Å². The van der Waals surface area contributed by atoms with Crippen LogP contribution in [-0.2, 0) is 24.5 Å². The summed E-state index contributed by atoms with van der Waals surface area (Å²) in [5.74, 6) is 1.55. The van der Waals surface area contributed by atoms with Gasteiger partial charge in [-0.15, -0.1) is 0 Å². The first-order valence-corrected chi connectivity index (χ1v) is 8.80. The molecule has 24 heavy (non-hydrogen) atoms. The maximum absolute atomic E-state index is 11.7. The fourth-order valence-corrected chi connectivity index (χ4v) is 4.32. The molecule has 6 nitrogen and oxygen atoms in total. The summed E-state index contributed by atoms with van der Waals surface area (Å²) in [5, 5.41) is 0. The Morgan fingerprint density at radius 2 is 1.58 bits per heavy atom. The summed E-state index contributed by atoms with van der Waals surface area (Å²) in [5.41, 5.74) is 1.87. The van der Waals surface area contributed by atoms with Crippen molar-refractivity contribution >= 4 is 22.7 Å². The topological polar surface area (TPSA) is 57.2 Å². The van der Waals surface area contributed by atoms with Gasteiger partial charge in [-0.2, -0.15) is 4.21 Å². The number of hydrogen-bond acceptors (Lipinski definition) is 6. The van der Waals surface area contributed by atoms with E-state index in [1.807, 2.05) is 48.5 Å². The van der Waals surface area contributed by atoms with Crippen LogP contribution in [0, 0.1) is 0 Å². The number of ether oxygens (including phenoxy) is 2. The Labute approximate surface area is 141 Å². The van der Waals surface area contributed by atoms with Crippen molar-refractivity contribution in [2.24, 2.45) is 0 Å². The molecule has 0 aliphatic carbocycles. The predicted molar refractivity (Wildman–Crippen MR) is 87.6 cm³/mol. The van der Waals surface area contributed by atoms with Crippen LogP contribution in [0.5, 0.6) is 11.5 Å². The molecular formula is C17H15NO5S. The number of rotatable bonds is 1. The molecule has 2 aromatic carbocycles. The summed E-state index contributed by atoms with van der Waals surface area (Å²) in [6.45, 7) is 0.852. The van der Waals surface area contributed by atoms with Crippen LogP contribution in [-0.4, -0.2) is 35.7 Å². The number of hydrogen-bond donors (Lipinski definition) is 0. The molecule has 0 spiro atoms. The van der Waals surface area contributed by atoms with Crippen molar-refractivity contribution in [2.45, 2.75) is 18.2 Å². The van der Waals surface area contributed by atoms with Gasteiger partial charge in [-0.1, -0.05) is 24.3 Å². The van der Waals surface area contributed by atoms with Crippen molar-refractivity contribution < 1.29 is 22.0 Å². The predicted octanol–water partition coefficient (Wildman–Crippen LogP) is 2.69. The highest BCUT2D eigenvalue weighted by molar-refractivity contribution is 7.75. The van der Waals surface area contributed by atoms with Crippen LogP contribution in [0.15, 0.2) is 48.5 Å². The molecule has 2 saturated heterocycles. The highest BCUT2D eigenvalue weighted by Crippen LogP contribution is 2.48. The third kappa shape index (κ3) is 2.16. The average molecular weight is 345 g/mol. The molecule has 0 N–H and O–H groups in total. The number of para-hydroxylation sites is 4. The summed E-state index contributed by atoms with van der Waals surface area (Å²) in [6.07, 6.45) is -0.648. The van der Waals surface area contributed by atoms with E-state index in [-0.39, 0.29) is 18.2 Å². The number of benzene rings is 2. The molecule has 3 heterocycles. The number of anilines is 2. The summed E-state index contributed by atoms with van der Waals surface area (Å²) >= 11 is -1.72. The Balaban J connectivity index is 1.63. The number of fused-ring (bicyclic) bond motifs is 3. The molecule has 0 saturated carbocycles. The van der Waals surface area contributed by atoms with Crippen molar-refractivity contribution in [2.75, 3.05) is 18.1 Å². The lowest BCUT2D eigenvalue weighted by atomic mass is 9.99. The van der Waals surface area contributed by atoms with Gasteiger partial charge in [0.25, 0.3) is 0 Å². The summed E-state index contributed by atoms with van der Waals surface area (Å²) in [6, 6.07) is 15.5. The smallest absolute Gasteiger partial charge is 0.305 e. The third-order valence-electron chi connectivity index (χ3n) is 4.51. The van der Waals surface area contributed by atoms with Crippen LogP contribution in [0.4, 0.5) is 11.4 Å². The Morgan fingerprint density at radius 3 is 2.29 bits per heavy atom. The van der Waals surface area contributed by atoms with Gasteiger partial charge in [0.1, 0.15) is 12.2 Å². The zero-order valence-electron chi connectivity index (χ0n) is 12.7. The fraction of sp³-hybridized carbons (Fsp3) is 0.294. The highest BCUT2D eigenvalue weighted by Gasteiger charge is 2.48. The molecular weight excluding hydrogens is 330 g/mol. The van der Waals surface area contributed by atoms with E-state index in [0.29, 0.717) is 13.2 Å². The third-order valence-corrected chi connectivity index (χ3v) is 5.29. The zero-order valence-corrected chi connectivity index (χ0v) is 13.5. The Morgan fingerprint density at radius 1 is 0.917 bits per heavy atom. The van der Waals surface area contributed by atoms with E-state index in [0.717, 1.165) is 22.9 Å². The molecule has 0 aromatic heterocycles. The molecule has 7 heteroatoms.